The molecule has 0 aliphatic carbocycles. The van der Waals surface area contributed by atoms with Gasteiger partial charge in [-0.15, -0.1) is 0 Å². The van der Waals surface area contributed by atoms with Crippen molar-refractivity contribution in [1.82, 2.24) is 14.8 Å². The Bertz CT molecular complexity index is 243. The van der Waals surface area contributed by atoms with E-state index in [1.54, 1.807) is 0 Å². The van der Waals surface area contributed by atoms with Crippen LogP contribution in [0, 0.1) is 0 Å². The van der Waals surface area contributed by atoms with Crippen LogP contribution in [0.4, 0.5) is 4.39 Å². The van der Waals surface area contributed by atoms with Crippen molar-refractivity contribution in [2.45, 2.75) is 12.2 Å². The van der Waals surface area contributed by atoms with Crippen molar-refractivity contribution in [2.24, 2.45) is 0 Å². The molecular formula is C5H12FN3O2S. The zero-order valence-corrected chi connectivity index (χ0v) is 7.49. The van der Waals surface area contributed by atoms with Gasteiger partial charge in [-0.3, -0.25) is 0 Å². The fourth-order valence-corrected chi connectivity index (χ4v) is 1.39. The molecule has 1 fully saturated rings. The molecule has 0 aromatic carbocycles. The van der Waals surface area contributed by atoms with E-state index in [0.717, 1.165) is 0 Å². The quantitative estimate of drug-likeness (QED) is 0.506. The van der Waals surface area contributed by atoms with E-state index in [4.69, 9.17) is 0 Å². The third-order valence-electron chi connectivity index (χ3n) is 1.77. The summed E-state index contributed by atoms with van der Waals surface area (Å²) in [6.45, 7) is 0.399. The molecule has 1 aliphatic rings. The first kappa shape index (κ1) is 9.85. The maximum absolute atomic E-state index is 12.5. The molecule has 0 aromatic rings. The molecule has 12 heavy (non-hydrogen) atoms. The second kappa shape index (κ2) is 3.65. The fourth-order valence-electron chi connectivity index (χ4n) is 0.845. The lowest BCUT2D eigenvalue weighted by Gasteiger charge is -2.31. The van der Waals surface area contributed by atoms with Gasteiger partial charge in [-0.05, 0) is 0 Å². The third kappa shape index (κ3) is 2.37. The molecule has 1 aliphatic heterocycles. The summed E-state index contributed by atoms with van der Waals surface area (Å²) >= 11 is 0. The lowest BCUT2D eigenvalue weighted by molar-refractivity contribution is 0.160. The van der Waals surface area contributed by atoms with Gasteiger partial charge < -0.3 is 5.32 Å². The van der Waals surface area contributed by atoms with E-state index < -0.39 is 16.4 Å². The monoisotopic (exact) mass is 197 g/mol. The first-order chi connectivity index (χ1) is 5.55. The van der Waals surface area contributed by atoms with Crippen molar-refractivity contribution in [1.29, 1.82) is 0 Å². The number of halogens is 1. The topological polar surface area (TPSA) is 70.2 Å². The highest BCUT2D eigenvalue weighted by atomic mass is 32.2. The average molecular weight is 197 g/mol. The molecule has 0 amide bonds. The van der Waals surface area contributed by atoms with Gasteiger partial charge in [0.15, 0.2) is 0 Å². The molecular weight excluding hydrogens is 185 g/mol. The molecule has 1 saturated heterocycles. The summed E-state index contributed by atoms with van der Waals surface area (Å²) in [6.07, 6.45) is -0.940. The largest absolute Gasteiger partial charge is 0.307 e. The van der Waals surface area contributed by atoms with Gasteiger partial charge in [0.1, 0.15) is 6.17 Å². The van der Waals surface area contributed by atoms with Crippen LogP contribution in [0.2, 0.25) is 0 Å². The Morgan fingerprint density at radius 3 is 2.67 bits per heavy atom. The molecule has 0 saturated carbocycles. The van der Waals surface area contributed by atoms with Gasteiger partial charge >= 0.3 is 0 Å². The van der Waals surface area contributed by atoms with Gasteiger partial charge in [-0.2, -0.15) is 8.42 Å². The molecule has 2 atom stereocenters. The number of hydrogen-bond donors (Lipinski definition) is 3. The summed E-state index contributed by atoms with van der Waals surface area (Å²) < 4.78 is 38.4. The van der Waals surface area contributed by atoms with E-state index in [0.29, 0.717) is 6.54 Å². The molecule has 0 bridgehead atoms. The van der Waals surface area contributed by atoms with E-state index in [1.165, 1.54) is 7.05 Å². The summed E-state index contributed by atoms with van der Waals surface area (Å²) in [7, 11) is -2.13. The molecule has 3 N–H and O–H groups in total. The molecule has 0 radical (unpaired) electrons. The Labute approximate surface area is 70.9 Å². The molecule has 0 unspecified atom stereocenters. The first-order valence-electron chi connectivity index (χ1n) is 3.61. The van der Waals surface area contributed by atoms with Crippen molar-refractivity contribution >= 4 is 10.2 Å². The Morgan fingerprint density at radius 1 is 1.67 bits per heavy atom. The number of hydrogen-bond acceptors (Lipinski definition) is 3. The second-order valence-corrected chi connectivity index (χ2v) is 4.29. The van der Waals surface area contributed by atoms with Crippen LogP contribution in [0.1, 0.15) is 0 Å². The van der Waals surface area contributed by atoms with E-state index >= 15 is 0 Å². The highest BCUT2D eigenvalue weighted by Gasteiger charge is 2.30. The van der Waals surface area contributed by atoms with Crippen LogP contribution in [0.15, 0.2) is 0 Å². The van der Waals surface area contributed by atoms with Crippen molar-refractivity contribution in [2.75, 3.05) is 20.1 Å². The number of rotatable bonds is 4. The maximum atomic E-state index is 12.5. The van der Waals surface area contributed by atoms with Crippen molar-refractivity contribution < 1.29 is 12.8 Å². The van der Waals surface area contributed by atoms with Crippen LogP contribution >= 0.6 is 0 Å². The lowest BCUT2D eigenvalue weighted by Crippen LogP contribution is -2.60. The summed E-state index contributed by atoms with van der Waals surface area (Å²) in [5, 5.41) is 2.76. The average Bonchev–Trinajstić information content (AvgIpc) is 2.02. The standard InChI is InChI=1S/C5H12FN3O2S/c1-7-12(10,11)9-3-5-4(6)2-8-5/h4-5,7-9H,2-3H2,1H3/t4-,5-/m1/s1. The third-order valence-corrected chi connectivity index (χ3v) is 2.86. The van der Waals surface area contributed by atoms with Crippen LogP contribution in [0.5, 0.6) is 0 Å². The van der Waals surface area contributed by atoms with Crippen LogP contribution in [0.25, 0.3) is 0 Å². The first-order valence-corrected chi connectivity index (χ1v) is 5.09. The predicted octanol–water partition coefficient (Wildman–Crippen LogP) is -1.65. The van der Waals surface area contributed by atoms with Gasteiger partial charge in [0.25, 0.3) is 10.2 Å². The van der Waals surface area contributed by atoms with E-state index in [1.807, 2.05) is 0 Å². The van der Waals surface area contributed by atoms with Gasteiger partial charge in [-0.25, -0.2) is 13.8 Å². The highest BCUT2D eigenvalue weighted by molar-refractivity contribution is 7.87. The van der Waals surface area contributed by atoms with Gasteiger partial charge in [0.2, 0.25) is 0 Å². The zero-order chi connectivity index (χ0) is 9.19. The number of alkyl halides is 1. The van der Waals surface area contributed by atoms with Gasteiger partial charge in [0.05, 0.1) is 6.04 Å². The predicted molar refractivity (Wildman–Crippen MR) is 42.7 cm³/mol. The molecule has 1 heterocycles. The Morgan fingerprint density at radius 2 is 2.33 bits per heavy atom. The lowest BCUT2D eigenvalue weighted by atomic mass is 10.1. The molecule has 7 heteroatoms. The summed E-state index contributed by atoms with van der Waals surface area (Å²) in [5.74, 6) is 0. The number of nitrogens with one attached hydrogen (secondary N) is 3. The Kier molecular flexibility index (Phi) is 2.99. The minimum absolute atomic E-state index is 0.0876. The zero-order valence-electron chi connectivity index (χ0n) is 6.67. The van der Waals surface area contributed by atoms with Crippen LogP contribution in [-0.4, -0.2) is 40.8 Å². The summed E-state index contributed by atoms with van der Waals surface area (Å²) in [5.41, 5.74) is 0. The minimum Gasteiger partial charge on any atom is -0.307 e. The normalized spacial score (nSPS) is 29.8. The van der Waals surface area contributed by atoms with Gasteiger partial charge in [-0.1, -0.05) is 0 Å². The summed E-state index contributed by atoms with van der Waals surface area (Å²) in [6, 6.07) is -0.381. The summed E-state index contributed by atoms with van der Waals surface area (Å²) in [4.78, 5) is 0. The Balaban J connectivity index is 2.26. The van der Waals surface area contributed by atoms with E-state index in [-0.39, 0.29) is 12.6 Å². The van der Waals surface area contributed by atoms with Gasteiger partial charge in [0, 0.05) is 20.1 Å². The minimum atomic E-state index is -3.42. The molecule has 0 spiro atoms. The SMILES string of the molecule is CNS(=O)(=O)NC[C@H]1NC[C@H]1F. The Hall–Kier alpha value is -0.240. The van der Waals surface area contributed by atoms with E-state index in [9.17, 15) is 12.8 Å². The molecule has 1 rings (SSSR count). The highest BCUT2D eigenvalue weighted by Crippen LogP contribution is 2.06. The molecule has 5 nitrogen and oxygen atoms in total. The second-order valence-electron chi connectivity index (χ2n) is 2.59. The van der Waals surface area contributed by atoms with Crippen molar-refractivity contribution in [3.8, 4) is 0 Å². The van der Waals surface area contributed by atoms with Crippen LogP contribution in [0.3, 0.4) is 0 Å². The van der Waals surface area contributed by atoms with Crippen molar-refractivity contribution in [3.63, 3.8) is 0 Å². The van der Waals surface area contributed by atoms with Crippen molar-refractivity contribution in [3.05, 3.63) is 0 Å². The van der Waals surface area contributed by atoms with E-state index in [2.05, 4.69) is 14.8 Å². The smallest absolute Gasteiger partial charge is 0.276 e. The fraction of sp³-hybridized carbons (Fsp3) is 1.00. The molecule has 72 valence electrons. The van der Waals surface area contributed by atoms with Crippen LogP contribution < -0.4 is 14.8 Å². The van der Waals surface area contributed by atoms with Crippen LogP contribution in [-0.2, 0) is 10.2 Å². The maximum Gasteiger partial charge on any atom is 0.276 e. The molecule has 0 aromatic heterocycles.